The summed E-state index contributed by atoms with van der Waals surface area (Å²) in [6, 6.07) is 5.80. The Balaban J connectivity index is 2.05. The van der Waals surface area contributed by atoms with E-state index < -0.39 is 0 Å². The molecule has 1 aliphatic carbocycles. The number of hydrogen-bond donors (Lipinski definition) is 1. The van der Waals surface area contributed by atoms with Gasteiger partial charge < -0.3 is 5.32 Å². The molecule has 0 spiro atoms. The van der Waals surface area contributed by atoms with Crippen molar-refractivity contribution in [3.8, 4) is 0 Å². The predicted molar refractivity (Wildman–Crippen MR) is 87.7 cm³/mol. The molecule has 0 aromatic heterocycles. The molecular weight excluding hydrogens is 373 g/mol. The molecule has 1 N–H and O–H groups in total. The normalized spacial score (nSPS) is 23.1. The third kappa shape index (κ3) is 3.85. The molecule has 1 amide bonds. The molecule has 4 heteroatoms. The Kier molecular flexibility index (Phi) is 5.51. The van der Waals surface area contributed by atoms with Crippen molar-refractivity contribution in [2.24, 2.45) is 5.92 Å². The summed E-state index contributed by atoms with van der Waals surface area (Å²) in [6.45, 7) is 2.21. The molecule has 0 heterocycles. The number of benzene rings is 1. The average molecular weight is 392 g/mol. The highest BCUT2D eigenvalue weighted by Gasteiger charge is 2.25. The van der Waals surface area contributed by atoms with Gasteiger partial charge in [0.2, 0.25) is 0 Å². The molecule has 0 radical (unpaired) electrons. The van der Waals surface area contributed by atoms with Crippen LogP contribution in [0, 0.1) is 9.49 Å². The molecular formula is C15H19ClINO. The summed E-state index contributed by atoms with van der Waals surface area (Å²) in [5, 5.41) is 3.83. The van der Waals surface area contributed by atoms with Crippen molar-refractivity contribution in [1.82, 2.24) is 5.32 Å². The van der Waals surface area contributed by atoms with Crippen LogP contribution in [0.3, 0.4) is 0 Å². The molecule has 2 nitrogen and oxygen atoms in total. The number of halogens is 2. The van der Waals surface area contributed by atoms with Gasteiger partial charge >= 0.3 is 0 Å². The van der Waals surface area contributed by atoms with Gasteiger partial charge in [0.1, 0.15) is 0 Å². The van der Waals surface area contributed by atoms with Crippen LogP contribution in [-0.2, 0) is 0 Å². The fourth-order valence-electron chi connectivity index (χ4n) is 2.78. The highest BCUT2D eigenvalue weighted by molar-refractivity contribution is 14.1. The summed E-state index contributed by atoms with van der Waals surface area (Å²) < 4.78 is 0.972. The molecule has 0 bridgehead atoms. The van der Waals surface area contributed by atoms with Crippen LogP contribution in [0.1, 0.15) is 49.4 Å². The maximum atomic E-state index is 12.3. The van der Waals surface area contributed by atoms with Crippen LogP contribution in [-0.4, -0.2) is 11.9 Å². The quantitative estimate of drug-likeness (QED) is 0.747. The van der Waals surface area contributed by atoms with Crippen molar-refractivity contribution >= 4 is 40.1 Å². The molecule has 1 saturated carbocycles. The van der Waals surface area contributed by atoms with Gasteiger partial charge in [-0.05, 0) is 59.5 Å². The first-order chi connectivity index (χ1) is 9.11. The summed E-state index contributed by atoms with van der Waals surface area (Å²) in [5.74, 6) is 0.626. The molecule has 1 aliphatic rings. The summed E-state index contributed by atoms with van der Waals surface area (Å²) in [6.07, 6.45) is 5.98. The SMILES string of the molecule is CCC1CCCCC1NC(=O)c1ccc(I)c(Cl)c1. The minimum atomic E-state index is 0.00338. The topological polar surface area (TPSA) is 29.1 Å². The smallest absolute Gasteiger partial charge is 0.251 e. The fraction of sp³-hybridized carbons (Fsp3) is 0.533. The zero-order chi connectivity index (χ0) is 13.8. The van der Waals surface area contributed by atoms with Gasteiger partial charge in [-0.3, -0.25) is 4.79 Å². The van der Waals surface area contributed by atoms with E-state index in [0.29, 0.717) is 22.5 Å². The number of rotatable bonds is 3. The highest BCUT2D eigenvalue weighted by atomic mass is 127. The van der Waals surface area contributed by atoms with E-state index >= 15 is 0 Å². The fourth-order valence-corrected chi connectivity index (χ4v) is 3.29. The summed E-state index contributed by atoms with van der Waals surface area (Å²) >= 11 is 8.23. The third-order valence-corrected chi connectivity index (χ3v) is 5.50. The highest BCUT2D eigenvalue weighted by Crippen LogP contribution is 2.27. The Labute approximate surface area is 133 Å². The second-order valence-electron chi connectivity index (χ2n) is 5.16. The van der Waals surface area contributed by atoms with Gasteiger partial charge in [0.05, 0.1) is 5.02 Å². The number of amides is 1. The first-order valence-corrected chi connectivity index (χ1v) is 8.33. The van der Waals surface area contributed by atoms with Crippen LogP contribution >= 0.6 is 34.2 Å². The van der Waals surface area contributed by atoms with Crippen LogP contribution in [0.4, 0.5) is 0 Å². The molecule has 2 rings (SSSR count). The van der Waals surface area contributed by atoms with Gasteiger partial charge in [-0.25, -0.2) is 0 Å². The second-order valence-corrected chi connectivity index (χ2v) is 6.73. The van der Waals surface area contributed by atoms with Crippen LogP contribution in [0.5, 0.6) is 0 Å². The van der Waals surface area contributed by atoms with Crippen molar-refractivity contribution in [2.75, 3.05) is 0 Å². The minimum Gasteiger partial charge on any atom is -0.349 e. The first kappa shape index (κ1) is 15.1. The Morgan fingerprint density at radius 3 is 2.84 bits per heavy atom. The zero-order valence-corrected chi connectivity index (χ0v) is 14.0. The molecule has 2 unspecified atom stereocenters. The first-order valence-electron chi connectivity index (χ1n) is 6.87. The second kappa shape index (κ2) is 6.93. The molecule has 0 aliphatic heterocycles. The number of nitrogens with one attached hydrogen (secondary N) is 1. The van der Waals surface area contributed by atoms with E-state index in [1.807, 2.05) is 12.1 Å². The maximum Gasteiger partial charge on any atom is 0.251 e. The van der Waals surface area contributed by atoms with E-state index in [1.165, 1.54) is 19.3 Å². The number of carbonyl (C=O) groups excluding carboxylic acids is 1. The summed E-state index contributed by atoms with van der Waals surface area (Å²) in [7, 11) is 0. The van der Waals surface area contributed by atoms with E-state index in [-0.39, 0.29) is 5.91 Å². The number of carbonyl (C=O) groups is 1. The van der Waals surface area contributed by atoms with Gasteiger partial charge in [-0.1, -0.05) is 37.8 Å². The van der Waals surface area contributed by atoms with Crippen LogP contribution in [0.25, 0.3) is 0 Å². The van der Waals surface area contributed by atoms with Gasteiger partial charge in [0.25, 0.3) is 5.91 Å². The maximum absolute atomic E-state index is 12.3. The average Bonchev–Trinajstić information content (AvgIpc) is 2.42. The van der Waals surface area contributed by atoms with Crippen LogP contribution in [0.15, 0.2) is 18.2 Å². The van der Waals surface area contributed by atoms with E-state index in [4.69, 9.17) is 11.6 Å². The number of hydrogen-bond acceptors (Lipinski definition) is 1. The largest absolute Gasteiger partial charge is 0.349 e. The van der Waals surface area contributed by atoms with Gasteiger partial charge in [0.15, 0.2) is 0 Å². The van der Waals surface area contributed by atoms with Gasteiger partial charge in [-0.15, -0.1) is 0 Å². The van der Waals surface area contributed by atoms with Crippen molar-refractivity contribution in [3.63, 3.8) is 0 Å². The Hall–Kier alpha value is -0.290. The molecule has 1 fully saturated rings. The van der Waals surface area contributed by atoms with E-state index in [2.05, 4.69) is 34.8 Å². The molecule has 1 aromatic carbocycles. The van der Waals surface area contributed by atoms with Gasteiger partial charge in [-0.2, -0.15) is 0 Å². The third-order valence-electron chi connectivity index (χ3n) is 3.93. The van der Waals surface area contributed by atoms with Crippen molar-refractivity contribution in [1.29, 1.82) is 0 Å². The van der Waals surface area contributed by atoms with Crippen LogP contribution < -0.4 is 5.32 Å². The summed E-state index contributed by atoms with van der Waals surface area (Å²) in [4.78, 5) is 12.3. The standard InChI is InChI=1S/C15H19ClINO/c1-2-10-5-3-4-6-14(10)18-15(19)11-7-8-13(17)12(16)9-11/h7-10,14H,2-6H2,1H3,(H,18,19). The van der Waals surface area contributed by atoms with Crippen molar-refractivity contribution < 1.29 is 4.79 Å². The molecule has 0 saturated heterocycles. The lowest BCUT2D eigenvalue weighted by molar-refractivity contribution is 0.0904. The lowest BCUT2D eigenvalue weighted by Gasteiger charge is -2.31. The van der Waals surface area contributed by atoms with E-state index in [9.17, 15) is 4.79 Å². The van der Waals surface area contributed by atoms with E-state index in [1.54, 1.807) is 6.07 Å². The monoisotopic (exact) mass is 391 g/mol. The zero-order valence-electron chi connectivity index (χ0n) is 11.1. The Morgan fingerprint density at radius 2 is 2.16 bits per heavy atom. The lowest BCUT2D eigenvalue weighted by Crippen LogP contribution is -2.41. The predicted octanol–water partition coefficient (Wildman–Crippen LogP) is 4.64. The van der Waals surface area contributed by atoms with Crippen molar-refractivity contribution in [3.05, 3.63) is 32.4 Å². The summed E-state index contributed by atoms with van der Waals surface area (Å²) in [5.41, 5.74) is 0.658. The van der Waals surface area contributed by atoms with Gasteiger partial charge in [0, 0.05) is 15.2 Å². The Bertz CT molecular complexity index is 463. The lowest BCUT2D eigenvalue weighted by atomic mass is 9.83. The molecule has 19 heavy (non-hydrogen) atoms. The Morgan fingerprint density at radius 1 is 1.42 bits per heavy atom. The minimum absolute atomic E-state index is 0.00338. The van der Waals surface area contributed by atoms with Crippen LogP contribution in [0.2, 0.25) is 5.02 Å². The van der Waals surface area contributed by atoms with Crippen molar-refractivity contribution in [2.45, 2.75) is 45.1 Å². The van der Waals surface area contributed by atoms with E-state index in [0.717, 1.165) is 16.4 Å². The molecule has 1 aromatic rings. The molecule has 104 valence electrons. The molecule has 2 atom stereocenters.